The molecule has 0 unspecified atom stereocenters. The van der Waals surface area contributed by atoms with Crippen LogP contribution < -0.4 is 4.74 Å². The summed E-state index contributed by atoms with van der Waals surface area (Å²) in [5.41, 5.74) is 0.457. The summed E-state index contributed by atoms with van der Waals surface area (Å²) >= 11 is 5.74. The average Bonchev–Trinajstić information content (AvgIpc) is 2.26. The van der Waals surface area contributed by atoms with E-state index in [1.54, 1.807) is 18.2 Å². The van der Waals surface area contributed by atoms with E-state index in [1.807, 2.05) is 6.92 Å². The molecule has 0 aliphatic carbocycles. The predicted molar refractivity (Wildman–Crippen MR) is 58.8 cm³/mol. The van der Waals surface area contributed by atoms with Crippen LogP contribution in [0.25, 0.3) is 0 Å². The number of aldehydes is 1. The summed E-state index contributed by atoms with van der Waals surface area (Å²) in [4.78, 5) is 10.7. The van der Waals surface area contributed by atoms with Crippen LogP contribution in [0.4, 0.5) is 0 Å². The van der Waals surface area contributed by atoms with Crippen molar-refractivity contribution in [2.24, 2.45) is 0 Å². The molecule has 0 bridgehead atoms. The minimum Gasteiger partial charge on any atom is -0.490 e. The number of carbonyl (C=O) groups excluding carboxylic acids is 1. The van der Waals surface area contributed by atoms with Gasteiger partial charge in [0, 0.05) is 11.6 Å². The molecule has 0 atom stereocenters. The van der Waals surface area contributed by atoms with Gasteiger partial charge in [-0.2, -0.15) is 0 Å². The number of rotatable bonds is 6. The lowest BCUT2D eigenvalue weighted by molar-refractivity contribution is 0.106. The largest absolute Gasteiger partial charge is 0.490 e. The SMILES string of the molecule is CCOCCOc1ccc(Cl)cc1C=O. The molecule has 1 aromatic carbocycles. The van der Waals surface area contributed by atoms with Gasteiger partial charge in [0.15, 0.2) is 6.29 Å². The zero-order valence-corrected chi connectivity index (χ0v) is 9.29. The van der Waals surface area contributed by atoms with Crippen molar-refractivity contribution in [2.45, 2.75) is 6.92 Å². The summed E-state index contributed by atoms with van der Waals surface area (Å²) in [7, 11) is 0. The summed E-state index contributed by atoms with van der Waals surface area (Å²) in [6, 6.07) is 4.94. The third kappa shape index (κ3) is 3.90. The van der Waals surface area contributed by atoms with E-state index in [2.05, 4.69) is 0 Å². The Hall–Kier alpha value is -1.06. The summed E-state index contributed by atoms with van der Waals surface area (Å²) in [5.74, 6) is 0.536. The molecule has 3 nitrogen and oxygen atoms in total. The first-order valence-corrected chi connectivity index (χ1v) is 5.11. The van der Waals surface area contributed by atoms with Crippen molar-refractivity contribution >= 4 is 17.9 Å². The Bertz CT molecular complexity index is 326. The first-order valence-electron chi connectivity index (χ1n) is 4.73. The Kier molecular flexibility index (Phi) is 5.15. The van der Waals surface area contributed by atoms with Gasteiger partial charge >= 0.3 is 0 Å². The normalized spacial score (nSPS) is 10.0. The van der Waals surface area contributed by atoms with Gasteiger partial charge in [-0.1, -0.05) is 11.6 Å². The lowest BCUT2D eigenvalue weighted by Gasteiger charge is -2.08. The van der Waals surface area contributed by atoms with Crippen LogP contribution in [0.3, 0.4) is 0 Å². The summed E-state index contributed by atoms with van der Waals surface area (Å²) in [6.45, 7) is 3.51. The van der Waals surface area contributed by atoms with Crippen LogP contribution in [0, 0.1) is 0 Å². The monoisotopic (exact) mass is 228 g/mol. The number of hydrogen-bond donors (Lipinski definition) is 0. The molecule has 4 heteroatoms. The molecule has 0 saturated carbocycles. The number of halogens is 1. The molecule has 1 aromatic rings. The molecule has 0 spiro atoms. The van der Waals surface area contributed by atoms with Crippen LogP contribution >= 0.6 is 11.6 Å². The van der Waals surface area contributed by atoms with Crippen molar-refractivity contribution in [1.29, 1.82) is 0 Å². The summed E-state index contributed by atoms with van der Waals surface area (Å²) in [6.07, 6.45) is 0.724. The maximum absolute atomic E-state index is 10.7. The molecular weight excluding hydrogens is 216 g/mol. The molecule has 1 rings (SSSR count). The molecule has 82 valence electrons. The number of ether oxygens (including phenoxy) is 2. The van der Waals surface area contributed by atoms with Crippen LogP contribution in [-0.4, -0.2) is 26.1 Å². The second-order valence-corrected chi connectivity index (χ2v) is 3.28. The smallest absolute Gasteiger partial charge is 0.153 e. The maximum atomic E-state index is 10.7. The first-order chi connectivity index (χ1) is 7.27. The molecule has 0 radical (unpaired) electrons. The molecule has 0 aliphatic heterocycles. The van der Waals surface area contributed by atoms with Gasteiger partial charge in [-0.15, -0.1) is 0 Å². The van der Waals surface area contributed by atoms with Crippen molar-refractivity contribution in [2.75, 3.05) is 19.8 Å². The quantitative estimate of drug-likeness (QED) is 0.555. The van der Waals surface area contributed by atoms with E-state index >= 15 is 0 Å². The van der Waals surface area contributed by atoms with E-state index in [9.17, 15) is 4.79 Å². The number of benzene rings is 1. The Balaban J connectivity index is 2.56. The van der Waals surface area contributed by atoms with E-state index in [1.165, 1.54) is 0 Å². The van der Waals surface area contributed by atoms with Crippen molar-refractivity contribution in [3.8, 4) is 5.75 Å². The van der Waals surface area contributed by atoms with Gasteiger partial charge in [-0.25, -0.2) is 0 Å². The second-order valence-electron chi connectivity index (χ2n) is 2.85. The summed E-state index contributed by atoms with van der Waals surface area (Å²) in [5, 5.41) is 0.522. The first kappa shape index (κ1) is 12.0. The van der Waals surface area contributed by atoms with E-state index in [-0.39, 0.29) is 0 Å². The topological polar surface area (TPSA) is 35.5 Å². The van der Waals surface area contributed by atoms with Gasteiger partial charge in [0.1, 0.15) is 12.4 Å². The third-order valence-electron chi connectivity index (χ3n) is 1.79. The Morgan fingerprint density at radius 3 is 2.87 bits per heavy atom. The Labute approximate surface area is 93.9 Å². The van der Waals surface area contributed by atoms with Crippen LogP contribution in [0.5, 0.6) is 5.75 Å². The van der Waals surface area contributed by atoms with E-state index in [4.69, 9.17) is 21.1 Å². The highest BCUT2D eigenvalue weighted by Crippen LogP contribution is 2.21. The second kappa shape index (κ2) is 6.43. The third-order valence-corrected chi connectivity index (χ3v) is 2.02. The highest BCUT2D eigenvalue weighted by Gasteiger charge is 2.03. The van der Waals surface area contributed by atoms with E-state index < -0.39 is 0 Å². The lowest BCUT2D eigenvalue weighted by atomic mass is 10.2. The molecule has 0 heterocycles. The average molecular weight is 229 g/mol. The zero-order chi connectivity index (χ0) is 11.1. The Morgan fingerprint density at radius 1 is 1.40 bits per heavy atom. The van der Waals surface area contributed by atoms with Crippen LogP contribution in [0.1, 0.15) is 17.3 Å². The minimum atomic E-state index is 0.427. The maximum Gasteiger partial charge on any atom is 0.153 e. The van der Waals surface area contributed by atoms with Crippen molar-refractivity contribution < 1.29 is 14.3 Å². The summed E-state index contributed by atoms with van der Waals surface area (Å²) < 4.78 is 10.5. The van der Waals surface area contributed by atoms with Crippen LogP contribution in [0.2, 0.25) is 5.02 Å². The van der Waals surface area contributed by atoms with Gasteiger partial charge < -0.3 is 9.47 Å². The van der Waals surface area contributed by atoms with Crippen molar-refractivity contribution in [3.05, 3.63) is 28.8 Å². The van der Waals surface area contributed by atoms with Gasteiger partial charge in [-0.05, 0) is 25.1 Å². The van der Waals surface area contributed by atoms with E-state index in [0.29, 0.717) is 36.2 Å². The molecule has 0 fully saturated rings. The molecule has 0 saturated heterocycles. The predicted octanol–water partition coefficient (Wildman–Crippen LogP) is 2.57. The molecular formula is C11H13ClO3. The standard InChI is InChI=1S/C11H13ClO3/c1-2-14-5-6-15-11-4-3-10(12)7-9(11)8-13/h3-4,7-8H,2,5-6H2,1H3. The highest BCUT2D eigenvalue weighted by atomic mass is 35.5. The molecule has 0 aromatic heterocycles. The van der Waals surface area contributed by atoms with E-state index in [0.717, 1.165) is 6.29 Å². The fourth-order valence-electron chi connectivity index (χ4n) is 1.10. The van der Waals surface area contributed by atoms with Crippen LogP contribution in [0.15, 0.2) is 18.2 Å². The van der Waals surface area contributed by atoms with Crippen molar-refractivity contribution in [3.63, 3.8) is 0 Å². The van der Waals surface area contributed by atoms with Gasteiger partial charge in [-0.3, -0.25) is 4.79 Å². The molecule has 15 heavy (non-hydrogen) atoms. The van der Waals surface area contributed by atoms with Gasteiger partial charge in [0.05, 0.1) is 12.2 Å². The fraction of sp³-hybridized carbons (Fsp3) is 0.364. The fourth-order valence-corrected chi connectivity index (χ4v) is 1.28. The minimum absolute atomic E-state index is 0.427. The Morgan fingerprint density at radius 2 is 2.20 bits per heavy atom. The highest BCUT2D eigenvalue weighted by molar-refractivity contribution is 6.30. The van der Waals surface area contributed by atoms with Crippen LogP contribution in [-0.2, 0) is 4.74 Å². The zero-order valence-electron chi connectivity index (χ0n) is 8.53. The number of carbonyl (C=O) groups is 1. The molecule has 0 aliphatic rings. The van der Waals surface area contributed by atoms with Gasteiger partial charge in [0.25, 0.3) is 0 Å². The van der Waals surface area contributed by atoms with Gasteiger partial charge in [0.2, 0.25) is 0 Å². The van der Waals surface area contributed by atoms with Crippen molar-refractivity contribution in [1.82, 2.24) is 0 Å². The lowest BCUT2D eigenvalue weighted by Crippen LogP contribution is -2.07. The number of hydrogen-bond acceptors (Lipinski definition) is 3. The molecule has 0 amide bonds. The molecule has 0 N–H and O–H groups in total.